The van der Waals surface area contributed by atoms with E-state index in [-0.39, 0.29) is 10.5 Å². The van der Waals surface area contributed by atoms with Crippen LogP contribution < -0.4 is 0 Å². The number of hydrogen-bond acceptors (Lipinski definition) is 5. The second kappa shape index (κ2) is 5.70. The molecule has 6 heteroatoms. The standard InChI is InChI=1S/C13H15IN2O2S/c1-13(2,3)19-7-11-15-12(18-16-11)9-6-8(14)4-5-10(9)17/h4-6,17H,7H2,1-3H3. The van der Waals surface area contributed by atoms with E-state index < -0.39 is 0 Å². The summed E-state index contributed by atoms with van der Waals surface area (Å²) in [5.41, 5.74) is 0.575. The lowest BCUT2D eigenvalue weighted by molar-refractivity contribution is 0.419. The van der Waals surface area contributed by atoms with Gasteiger partial charge in [-0.05, 0) is 40.8 Å². The summed E-state index contributed by atoms with van der Waals surface area (Å²) in [6.45, 7) is 6.43. The Morgan fingerprint density at radius 1 is 1.37 bits per heavy atom. The van der Waals surface area contributed by atoms with Gasteiger partial charge in [0.15, 0.2) is 5.82 Å². The predicted molar refractivity (Wildman–Crippen MR) is 85.2 cm³/mol. The molecule has 0 aliphatic rings. The fourth-order valence-electron chi connectivity index (χ4n) is 1.38. The molecule has 19 heavy (non-hydrogen) atoms. The predicted octanol–water partition coefficient (Wildman–Crippen LogP) is 4.08. The van der Waals surface area contributed by atoms with Gasteiger partial charge in [0.1, 0.15) is 5.75 Å². The van der Waals surface area contributed by atoms with Crippen LogP contribution in [0.4, 0.5) is 0 Å². The minimum absolute atomic E-state index is 0.152. The first-order valence-corrected chi connectivity index (χ1v) is 7.87. The largest absolute Gasteiger partial charge is 0.507 e. The first-order valence-electron chi connectivity index (χ1n) is 5.80. The number of thioether (sulfide) groups is 1. The van der Waals surface area contributed by atoms with Gasteiger partial charge in [-0.2, -0.15) is 4.98 Å². The van der Waals surface area contributed by atoms with Crippen molar-refractivity contribution in [2.75, 3.05) is 0 Å². The fourth-order valence-corrected chi connectivity index (χ4v) is 2.55. The Balaban J connectivity index is 2.19. The van der Waals surface area contributed by atoms with Crippen LogP contribution in [-0.4, -0.2) is 20.0 Å². The number of hydrogen-bond donors (Lipinski definition) is 1. The Labute approximate surface area is 130 Å². The van der Waals surface area contributed by atoms with Gasteiger partial charge in [0, 0.05) is 8.32 Å². The summed E-state index contributed by atoms with van der Waals surface area (Å²) < 4.78 is 6.38. The first kappa shape index (κ1) is 14.6. The van der Waals surface area contributed by atoms with E-state index in [1.54, 1.807) is 17.8 Å². The molecule has 0 bridgehead atoms. The van der Waals surface area contributed by atoms with E-state index in [0.29, 0.717) is 23.0 Å². The smallest absolute Gasteiger partial charge is 0.261 e. The maximum Gasteiger partial charge on any atom is 0.261 e. The van der Waals surface area contributed by atoms with Crippen molar-refractivity contribution in [1.29, 1.82) is 0 Å². The van der Waals surface area contributed by atoms with Crippen molar-refractivity contribution < 1.29 is 9.63 Å². The van der Waals surface area contributed by atoms with Crippen molar-refractivity contribution >= 4 is 34.4 Å². The Bertz CT molecular complexity index is 578. The zero-order valence-electron chi connectivity index (χ0n) is 11.0. The molecule has 0 saturated carbocycles. The van der Waals surface area contributed by atoms with Crippen LogP contribution in [0.15, 0.2) is 22.7 Å². The molecule has 0 spiro atoms. The van der Waals surface area contributed by atoms with Gasteiger partial charge in [0.2, 0.25) is 0 Å². The van der Waals surface area contributed by atoms with E-state index in [9.17, 15) is 5.11 Å². The van der Waals surface area contributed by atoms with Crippen LogP contribution in [0.3, 0.4) is 0 Å². The Kier molecular flexibility index (Phi) is 4.39. The third-order valence-corrected chi connectivity index (χ3v) is 4.23. The zero-order valence-corrected chi connectivity index (χ0v) is 13.9. The molecule has 0 saturated heterocycles. The van der Waals surface area contributed by atoms with Crippen molar-refractivity contribution in [3.63, 3.8) is 0 Å². The lowest BCUT2D eigenvalue weighted by Crippen LogP contribution is -2.07. The average Bonchev–Trinajstić information content (AvgIpc) is 2.77. The number of nitrogens with zero attached hydrogens (tertiary/aromatic N) is 2. The summed E-state index contributed by atoms with van der Waals surface area (Å²) in [6, 6.07) is 5.28. The monoisotopic (exact) mass is 390 g/mol. The lowest BCUT2D eigenvalue weighted by Gasteiger charge is -2.15. The van der Waals surface area contributed by atoms with E-state index in [4.69, 9.17) is 4.52 Å². The molecular formula is C13H15IN2O2S. The Morgan fingerprint density at radius 3 is 2.79 bits per heavy atom. The molecule has 1 heterocycles. The molecule has 0 unspecified atom stereocenters. The molecule has 0 amide bonds. The summed E-state index contributed by atoms with van der Waals surface area (Å²) in [5, 5.41) is 13.8. The van der Waals surface area contributed by atoms with Gasteiger partial charge in [0.25, 0.3) is 5.89 Å². The van der Waals surface area contributed by atoms with Crippen molar-refractivity contribution in [3.05, 3.63) is 27.6 Å². The minimum Gasteiger partial charge on any atom is -0.507 e. The second-order valence-corrected chi connectivity index (χ2v) is 8.13. The molecule has 0 fully saturated rings. The Morgan fingerprint density at radius 2 is 2.11 bits per heavy atom. The Hall–Kier alpha value is -0.760. The highest BCUT2D eigenvalue weighted by molar-refractivity contribution is 14.1. The van der Waals surface area contributed by atoms with Crippen molar-refractivity contribution in [2.24, 2.45) is 0 Å². The number of rotatable bonds is 3. The highest BCUT2D eigenvalue weighted by atomic mass is 127. The van der Waals surface area contributed by atoms with Gasteiger partial charge in [-0.25, -0.2) is 0 Å². The van der Waals surface area contributed by atoms with Crippen LogP contribution in [0.1, 0.15) is 26.6 Å². The third kappa shape index (κ3) is 4.10. The van der Waals surface area contributed by atoms with Crippen LogP contribution in [0.25, 0.3) is 11.5 Å². The normalized spacial score (nSPS) is 11.8. The van der Waals surface area contributed by atoms with Crippen molar-refractivity contribution in [3.8, 4) is 17.2 Å². The number of phenolic OH excluding ortho intramolecular Hbond substituents is 1. The SMILES string of the molecule is CC(C)(C)SCc1noc(-c2cc(I)ccc2O)n1. The minimum atomic E-state index is 0.152. The van der Waals surface area contributed by atoms with Crippen LogP contribution >= 0.6 is 34.4 Å². The summed E-state index contributed by atoms with van der Waals surface area (Å²) in [4.78, 5) is 4.32. The molecule has 1 aromatic heterocycles. The quantitative estimate of drug-likeness (QED) is 0.801. The summed E-state index contributed by atoms with van der Waals surface area (Å²) in [5.74, 6) is 1.85. The number of phenols is 1. The van der Waals surface area contributed by atoms with Crippen LogP contribution in [0, 0.1) is 3.57 Å². The average molecular weight is 390 g/mol. The van der Waals surface area contributed by atoms with E-state index in [2.05, 4.69) is 53.5 Å². The van der Waals surface area contributed by atoms with Gasteiger partial charge in [0.05, 0.1) is 11.3 Å². The molecule has 1 aromatic carbocycles. The molecule has 1 N–H and O–H groups in total. The van der Waals surface area contributed by atoms with Gasteiger partial charge in [-0.15, -0.1) is 11.8 Å². The molecule has 0 radical (unpaired) electrons. The summed E-state index contributed by atoms with van der Waals surface area (Å²) >= 11 is 3.93. The molecular weight excluding hydrogens is 375 g/mol. The molecule has 2 rings (SSSR count). The topological polar surface area (TPSA) is 59.2 Å². The summed E-state index contributed by atoms with van der Waals surface area (Å²) in [6.07, 6.45) is 0. The van der Waals surface area contributed by atoms with E-state index in [1.807, 2.05) is 12.1 Å². The number of halogens is 1. The van der Waals surface area contributed by atoms with Gasteiger partial charge in [-0.3, -0.25) is 0 Å². The highest BCUT2D eigenvalue weighted by Gasteiger charge is 2.16. The fraction of sp³-hybridized carbons (Fsp3) is 0.385. The lowest BCUT2D eigenvalue weighted by atomic mass is 10.2. The van der Waals surface area contributed by atoms with E-state index >= 15 is 0 Å². The van der Waals surface area contributed by atoms with Gasteiger partial charge in [-0.1, -0.05) is 25.9 Å². The second-order valence-electron chi connectivity index (χ2n) is 5.08. The molecule has 2 aromatic rings. The van der Waals surface area contributed by atoms with E-state index in [1.165, 1.54) is 0 Å². The molecule has 102 valence electrons. The van der Waals surface area contributed by atoms with Crippen LogP contribution in [0.5, 0.6) is 5.75 Å². The van der Waals surface area contributed by atoms with Crippen molar-refractivity contribution in [1.82, 2.24) is 10.1 Å². The number of aromatic hydroxyl groups is 1. The maximum atomic E-state index is 9.82. The van der Waals surface area contributed by atoms with Crippen LogP contribution in [-0.2, 0) is 5.75 Å². The third-order valence-electron chi connectivity index (χ3n) is 2.29. The zero-order chi connectivity index (χ0) is 14.0. The van der Waals surface area contributed by atoms with Crippen LogP contribution in [0.2, 0.25) is 0 Å². The summed E-state index contributed by atoms with van der Waals surface area (Å²) in [7, 11) is 0. The van der Waals surface area contributed by atoms with Gasteiger partial charge < -0.3 is 9.63 Å². The highest BCUT2D eigenvalue weighted by Crippen LogP contribution is 2.31. The number of aromatic nitrogens is 2. The number of benzene rings is 1. The molecule has 4 nitrogen and oxygen atoms in total. The van der Waals surface area contributed by atoms with E-state index in [0.717, 1.165) is 3.57 Å². The van der Waals surface area contributed by atoms with Crippen molar-refractivity contribution in [2.45, 2.75) is 31.3 Å². The van der Waals surface area contributed by atoms with Gasteiger partial charge >= 0.3 is 0 Å². The molecule has 0 aliphatic heterocycles. The molecule has 0 aliphatic carbocycles. The first-order chi connectivity index (χ1) is 8.85. The maximum absolute atomic E-state index is 9.82. The molecule has 0 atom stereocenters.